The Morgan fingerprint density at radius 3 is 1.11 bits per heavy atom. The van der Waals surface area contributed by atoms with E-state index >= 15 is 0 Å². The molecular formula is C2H10BNaO5. The molecule has 0 heterocycles. The summed E-state index contributed by atoms with van der Waals surface area (Å²) in [6, 6.07) is 0. The Balaban J connectivity index is -0.0000000300. The van der Waals surface area contributed by atoms with Crippen LogP contribution in [-0.2, 0) is 0 Å². The maximum Gasteiger partial charge on any atom is 1.00 e. The minimum atomic E-state index is -2.17. The summed E-state index contributed by atoms with van der Waals surface area (Å²) in [6.07, 6.45) is 0. The molecule has 0 aromatic heterocycles. The van der Waals surface area contributed by atoms with Crippen molar-refractivity contribution in [3.05, 3.63) is 0 Å². The van der Waals surface area contributed by atoms with Gasteiger partial charge in [-0.1, -0.05) is 0 Å². The molecule has 0 aliphatic carbocycles. The minimum Gasteiger partial charge on any atom is -1.00 e. The molecule has 5 N–H and O–H groups in total. The van der Waals surface area contributed by atoms with Crippen LogP contribution in [-0.4, -0.2) is 45.8 Å². The topological polar surface area (TPSA) is 101 Å². The normalized spacial score (nSPS) is 6.33. The molecule has 0 saturated heterocycles. The molecule has 0 amide bonds. The fourth-order valence-corrected chi connectivity index (χ4v) is 0. The average Bonchev–Trinajstić information content (AvgIpc) is 1.65. The molecule has 0 aliphatic rings. The van der Waals surface area contributed by atoms with Crippen LogP contribution in [0.15, 0.2) is 0 Å². The molecule has 52 valence electrons. The van der Waals surface area contributed by atoms with Crippen molar-refractivity contribution < 1.29 is 56.3 Å². The van der Waals surface area contributed by atoms with Crippen LogP contribution in [0.3, 0.4) is 0 Å². The van der Waals surface area contributed by atoms with Gasteiger partial charge in [0, 0.05) is 0 Å². The smallest absolute Gasteiger partial charge is 1.00 e. The van der Waals surface area contributed by atoms with E-state index in [0.717, 1.165) is 0 Å². The van der Waals surface area contributed by atoms with Gasteiger partial charge in [-0.25, -0.2) is 0 Å². The van der Waals surface area contributed by atoms with Crippen molar-refractivity contribution >= 4 is 7.32 Å². The van der Waals surface area contributed by atoms with E-state index < -0.39 is 7.32 Å². The number of aliphatic hydroxyl groups excluding tert-OH is 2. The van der Waals surface area contributed by atoms with E-state index in [1.807, 2.05) is 0 Å². The standard InChI is InChI=1S/C2H6O2.BH3O3.Na.H/c3-1-2-4;2-1(3)4;;/h3-4H,1-2H2;2-4H;;/q;;+1;-1. The van der Waals surface area contributed by atoms with Crippen LogP contribution in [0.1, 0.15) is 1.43 Å². The predicted octanol–water partition coefficient (Wildman–Crippen LogP) is -5.96. The quantitative estimate of drug-likeness (QED) is 0.238. The molecule has 0 fully saturated rings. The Hall–Kier alpha value is 0.865. The van der Waals surface area contributed by atoms with E-state index in [1.165, 1.54) is 0 Å². The summed E-state index contributed by atoms with van der Waals surface area (Å²) >= 11 is 0. The van der Waals surface area contributed by atoms with Crippen molar-refractivity contribution in [2.75, 3.05) is 13.2 Å². The Morgan fingerprint density at radius 1 is 1.00 bits per heavy atom. The van der Waals surface area contributed by atoms with Crippen LogP contribution < -0.4 is 29.6 Å². The zero-order chi connectivity index (χ0) is 6.99. The van der Waals surface area contributed by atoms with Gasteiger partial charge in [0.05, 0.1) is 13.2 Å². The average molecular weight is 148 g/mol. The van der Waals surface area contributed by atoms with Gasteiger partial charge in [0.2, 0.25) is 0 Å². The van der Waals surface area contributed by atoms with E-state index in [0.29, 0.717) is 0 Å². The SMILES string of the molecule is OB(O)O.OCCO.[H-].[Na+]. The molecule has 0 atom stereocenters. The van der Waals surface area contributed by atoms with Crippen molar-refractivity contribution in [2.24, 2.45) is 0 Å². The van der Waals surface area contributed by atoms with E-state index in [4.69, 9.17) is 25.3 Å². The van der Waals surface area contributed by atoms with Crippen molar-refractivity contribution in [2.45, 2.75) is 0 Å². The van der Waals surface area contributed by atoms with Crippen LogP contribution in [0, 0.1) is 0 Å². The molecule has 0 bridgehead atoms. The van der Waals surface area contributed by atoms with Crippen LogP contribution in [0.5, 0.6) is 0 Å². The van der Waals surface area contributed by atoms with Gasteiger partial charge in [-0.3, -0.25) is 0 Å². The Morgan fingerprint density at radius 2 is 1.11 bits per heavy atom. The molecule has 9 heavy (non-hydrogen) atoms. The zero-order valence-corrected chi connectivity index (χ0v) is 7.23. The van der Waals surface area contributed by atoms with Crippen molar-refractivity contribution in [1.82, 2.24) is 0 Å². The van der Waals surface area contributed by atoms with Gasteiger partial charge in [0.15, 0.2) is 0 Å². The first-order valence-electron chi connectivity index (χ1n) is 1.91. The number of hydrogen-bond acceptors (Lipinski definition) is 5. The van der Waals surface area contributed by atoms with E-state index in [2.05, 4.69) is 0 Å². The number of aliphatic hydroxyl groups is 2. The molecule has 0 unspecified atom stereocenters. The van der Waals surface area contributed by atoms with Gasteiger partial charge in [-0.15, -0.1) is 0 Å². The molecule has 0 saturated carbocycles. The molecule has 0 spiro atoms. The maximum atomic E-state index is 7.62. The molecule has 5 nitrogen and oxygen atoms in total. The summed E-state index contributed by atoms with van der Waals surface area (Å²) < 4.78 is 0. The summed E-state index contributed by atoms with van der Waals surface area (Å²) in [5.41, 5.74) is 0. The largest absolute Gasteiger partial charge is 1.00 e. The molecule has 0 aromatic carbocycles. The van der Waals surface area contributed by atoms with Gasteiger partial charge in [0.1, 0.15) is 0 Å². The summed E-state index contributed by atoms with van der Waals surface area (Å²) in [6.45, 7) is -0.250. The van der Waals surface area contributed by atoms with Crippen molar-refractivity contribution in [1.29, 1.82) is 0 Å². The van der Waals surface area contributed by atoms with Crippen LogP contribution >= 0.6 is 0 Å². The molecular weight excluding hydrogens is 138 g/mol. The number of rotatable bonds is 1. The molecule has 0 rings (SSSR count). The summed E-state index contributed by atoms with van der Waals surface area (Å²) in [5, 5.41) is 36.8. The van der Waals surface area contributed by atoms with Gasteiger partial charge >= 0.3 is 36.9 Å². The first-order chi connectivity index (χ1) is 3.65. The fourth-order valence-electron chi connectivity index (χ4n) is 0. The summed E-state index contributed by atoms with van der Waals surface area (Å²) in [7, 11) is -2.17. The minimum absolute atomic E-state index is 0. The molecule has 7 heteroatoms. The third-order valence-electron chi connectivity index (χ3n) is 0.1000. The van der Waals surface area contributed by atoms with Gasteiger partial charge < -0.3 is 26.7 Å². The Bertz CT molecular complexity index is 36.1. The molecule has 0 aromatic rings. The predicted molar refractivity (Wildman–Crippen MR) is 27.7 cm³/mol. The molecule has 0 aliphatic heterocycles. The zero-order valence-electron chi connectivity index (χ0n) is 6.23. The molecule has 0 radical (unpaired) electrons. The van der Waals surface area contributed by atoms with E-state index in [1.54, 1.807) is 0 Å². The second-order valence-corrected chi connectivity index (χ2v) is 0.794. The fraction of sp³-hybridized carbons (Fsp3) is 1.00. The van der Waals surface area contributed by atoms with Crippen LogP contribution in [0.25, 0.3) is 0 Å². The first kappa shape index (κ1) is 16.5. The maximum absolute atomic E-state index is 7.62. The van der Waals surface area contributed by atoms with Crippen molar-refractivity contribution in [3.63, 3.8) is 0 Å². The van der Waals surface area contributed by atoms with Gasteiger partial charge in [-0.2, -0.15) is 0 Å². The third kappa shape index (κ3) is 120. The second-order valence-electron chi connectivity index (χ2n) is 0.794. The van der Waals surface area contributed by atoms with E-state index in [-0.39, 0.29) is 44.2 Å². The van der Waals surface area contributed by atoms with Crippen molar-refractivity contribution in [3.8, 4) is 0 Å². The second kappa shape index (κ2) is 15.9. The van der Waals surface area contributed by atoms with Gasteiger partial charge in [-0.05, 0) is 0 Å². The van der Waals surface area contributed by atoms with Crippen LogP contribution in [0.2, 0.25) is 0 Å². The monoisotopic (exact) mass is 148 g/mol. The third-order valence-corrected chi connectivity index (χ3v) is 0.1000. The summed E-state index contributed by atoms with van der Waals surface area (Å²) in [5.74, 6) is 0. The van der Waals surface area contributed by atoms with Crippen LogP contribution in [0.4, 0.5) is 0 Å². The first-order valence-corrected chi connectivity index (χ1v) is 1.91. The number of hydrogen-bond donors (Lipinski definition) is 5. The van der Waals surface area contributed by atoms with E-state index in [9.17, 15) is 0 Å². The Labute approximate surface area is 76.9 Å². The summed E-state index contributed by atoms with van der Waals surface area (Å²) in [4.78, 5) is 0. The van der Waals surface area contributed by atoms with Gasteiger partial charge in [0.25, 0.3) is 0 Å². The Kier molecular flexibility index (Phi) is 29.1.